The molecule has 0 radical (unpaired) electrons. The average Bonchev–Trinajstić information content (AvgIpc) is 2.87. The first kappa shape index (κ1) is 11.9. The van der Waals surface area contributed by atoms with Crippen LogP contribution in [0.2, 0.25) is 4.34 Å². The van der Waals surface area contributed by atoms with Crippen LogP contribution in [0.25, 0.3) is 0 Å². The summed E-state index contributed by atoms with van der Waals surface area (Å²) in [5.74, 6) is -0.0190. The van der Waals surface area contributed by atoms with Crippen molar-refractivity contribution < 1.29 is 9.53 Å². The van der Waals surface area contributed by atoms with Gasteiger partial charge in [-0.25, -0.2) is 0 Å². The first-order chi connectivity index (χ1) is 7.66. The standard InChI is InChI=1S/C11H14ClNO2S/c1-7(9-4-5-10(12)16-9)13-11(14)8-3-2-6-15-8/h4-5,7-8H,2-3,6H2,1H3,(H,13,14)/t7-,8+/m1/s1. The highest BCUT2D eigenvalue weighted by Gasteiger charge is 2.25. The van der Waals surface area contributed by atoms with Gasteiger partial charge in [-0.2, -0.15) is 0 Å². The van der Waals surface area contributed by atoms with Crippen molar-refractivity contribution in [2.75, 3.05) is 6.61 Å². The van der Waals surface area contributed by atoms with E-state index in [2.05, 4.69) is 5.32 Å². The zero-order valence-electron chi connectivity index (χ0n) is 9.03. The predicted molar refractivity (Wildman–Crippen MR) is 64.9 cm³/mol. The maximum atomic E-state index is 11.8. The van der Waals surface area contributed by atoms with E-state index in [0.717, 1.165) is 22.1 Å². The Morgan fingerprint density at radius 1 is 1.69 bits per heavy atom. The molecule has 16 heavy (non-hydrogen) atoms. The number of thiophene rings is 1. The third-order valence-corrected chi connectivity index (χ3v) is 4.02. The number of hydrogen-bond donors (Lipinski definition) is 1. The molecule has 1 aromatic heterocycles. The van der Waals surface area contributed by atoms with Crippen molar-refractivity contribution in [1.82, 2.24) is 5.32 Å². The fourth-order valence-corrected chi connectivity index (χ4v) is 2.79. The van der Waals surface area contributed by atoms with Gasteiger partial charge in [0.25, 0.3) is 0 Å². The number of carbonyl (C=O) groups is 1. The Morgan fingerprint density at radius 3 is 3.06 bits per heavy atom. The molecule has 5 heteroatoms. The monoisotopic (exact) mass is 259 g/mol. The van der Waals surface area contributed by atoms with Crippen molar-refractivity contribution in [1.29, 1.82) is 0 Å². The average molecular weight is 260 g/mol. The Labute approximate surface area is 104 Å². The third kappa shape index (κ3) is 2.75. The summed E-state index contributed by atoms with van der Waals surface area (Å²) in [6.07, 6.45) is 1.53. The van der Waals surface area contributed by atoms with Gasteiger partial charge in [-0.15, -0.1) is 11.3 Å². The number of halogens is 1. The van der Waals surface area contributed by atoms with Gasteiger partial charge in [0, 0.05) is 11.5 Å². The Morgan fingerprint density at radius 2 is 2.50 bits per heavy atom. The summed E-state index contributed by atoms with van der Waals surface area (Å²) in [5, 5.41) is 2.94. The molecule has 2 atom stereocenters. The second-order valence-electron chi connectivity index (χ2n) is 3.87. The number of hydrogen-bond acceptors (Lipinski definition) is 3. The van der Waals surface area contributed by atoms with Crippen molar-refractivity contribution >= 4 is 28.8 Å². The number of amides is 1. The van der Waals surface area contributed by atoms with Crippen LogP contribution in [0.15, 0.2) is 12.1 Å². The van der Waals surface area contributed by atoms with E-state index >= 15 is 0 Å². The van der Waals surface area contributed by atoms with Crippen molar-refractivity contribution in [2.45, 2.75) is 31.9 Å². The van der Waals surface area contributed by atoms with Crippen LogP contribution in [-0.4, -0.2) is 18.6 Å². The Balaban J connectivity index is 1.91. The molecular formula is C11H14ClNO2S. The largest absolute Gasteiger partial charge is 0.368 e. The van der Waals surface area contributed by atoms with Gasteiger partial charge >= 0.3 is 0 Å². The van der Waals surface area contributed by atoms with E-state index in [1.54, 1.807) is 0 Å². The molecule has 1 aliphatic heterocycles. The molecule has 1 fully saturated rings. The third-order valence-electron chi connectivity index (χ3n) is 2.60. The normalized spacial score (nSPS) is 22.0. The van der Waals surface area contributed by atoms with Gasteiger partial charge in [-0.05, 0) is 31.9 Å². The van der Waals surface area contributed by atoms with E-state index in [0.29, 0.717) is 6.61 Å². The van der Waals surface area contributed by atoms with Gasteiger partial charge < -0.3 is 10.1 Å². The minimum atomic E-state index is -0.266. The number of ether oxygens (including phenoxy) is 1. The van der Waals surface area contributed by atoms with Crippen LogP contribution in [0.1, 0.15) is 30.7 Å². The zero-order valence-corrected chi connectivity index (χ0v) is 10.6. The maximum absolute atomic E-state index is 11.8. The Hall–Kier alpha value is -0.580. The molecule has 0 bridgehead atoms. The van der Waals surface area contributed by atoms with Crippen LogP contribution < -0.4 is 5.32 Å². The smallest absolute Gasteiger partial charge is 0.249 e. The quantitative estimate of drug-likeness (QED) is 0.907. The molecule has 0 spiro atoms. The molecule has 1 aliphatic rings. The summed E-state index contributed by atoms with van der Waals surface area (Å²) < 4.78 is 6.07. The molecule has 88 valence electrons. The molecule has 2 heterocycles. The van der Waals surface area contributed by atoms with Gasteiger partial charge in [0.05, 0.1) is 10.4 Å². The van der Waals surface area contributed by atoms with E-state index in [4.69, 9.17) is 16.3 Å². The van der Waals surface area contributed by atoms with Crippen LogP contribution in [0, 0.1) is 0 Å². The SMILES string of the molecule is C[C@@H](NC(=O)[C@@H]1CCCO1)c1ccc(Cl)s1. The van der Waals surface area contributed by atoms with Crippen molar-refractivity contribution in [3.63, 3.8) is 0 Å². The topological polar surface area (TPSA) is 38.3 Å². The lowest BCUT2D eigenvalue weighted by Crippen LogP contribution is -2.35. The first-order valence-electron chi connectivity index (χ1n) is 5.34. The van der Waals surface area contributed by atoms with Gasteiger partial charge in [0.2, 0.25) is 5.91 Å². The minimum absolute atomic E-state index is 0.00537. The molecule has 1 saturated heterocycles. The lowest BCUT2D eigenvalue weighted by molar-refractivity contribution is -0.130. The Bertz CT molecular complexity index is 374. The van der Waals surface area contributed by atoms with Gasteiger partial charge in [-0.3, -0.25) is 4.79 Å². The van der Waals surface area contributed by atoms with Crippen LogP contribution in [0.5, 0.6) is 0 Å². The van der Waals surface area contributed by atoms with E-state index in [9.17, 15) is 4.79 Å². The fourth-order valence-electron chi connectivity index (χ4n) is 1.72. The fraction of sp³-hybridized carbons (Fsp3) is 0.545. The van der Waals surface area contributed by atoms with Crippen LogP contribution in [0.3, 0.4) is 0 Å². The molecule has 1 aromatic rings. The van der Waals surface area contributed by atoms with Crippen LogP contribution in [-0.2, 0) is 9.53 Å². The molecule has 1 amide bonds. The maximum Gasteiger partial charge on any atom is 0.249 e. The summed E-state index contributed by atoms with van der Waals surface area (Å²) in [6, 6.07) is 3.78. The van der Waals surface area contributed by atoms with Crippen LogP contribution >= 0.6 is 22.9 Å². The molecule has 2 rings (SSSR count). The van der Waals surface area contributed by atoms with Crippen molar-refractivity contribution in [3.05, 3.63) is 21.3 Å². The van der Waals surface area contributed by atoms with Crippen LogP contribution in [0.4, 0.5) is 0 Å². The lowest BCUT2D eigenvalue weighted by Gasteiger charge is -2.15. The van der Waals surface area contributed by atoms with E-state index in [-0.39, 0.29) is 18.1 Å². The van der Waals surface area contributed by atoms with E-state index < -0.39 is 0 Å². The summed E-state index contributed by atoms with van der Waals surface area (Å²) >= 11 is 7.34. The minimum Gasteiger partial charge on any atom is -0.368 e. The van der Waals surface area contributed by atoms with Crippen molar-refractivity contribution in [2.24, 2.45) is 0 Å². The highest BCUT2D eigenvalue weighted by Crippen LogP contribution is 2.27. The van der Waals surface area contributed by atoms with Crippen molar-refractivity contribution in [3.8, 4) is 0 Å². The number of nitrogens with one attached hydrogen (secondary N) is 1. The number of rotatable bonds is 3. The molecule has 3 nitrogen and oxygen atoms in total. The summed E-state index contributed by atoms with van der Waals surface area (Å²) in [4.78, 5) is 12.8. The Kier molecular flexibility index (Phi) is 3.84. The highest BCUT2D eigenvalue weighted by atomic mass is 35.5. The highest BCUT2D eigenvalue weighted by molar-refractivity contribution is 7.16. The molecule has 0 unspecified atom stereocenters. The van der Waals surface area contributed by atoms with Gasteiger partial charge in [-0.1, -0.05) is 11.6 Å². The first-order valence-corrected chi connectivity index (χ1v) is 6.53. The molecule has 0 aromatic carbocycles. The van der Waals surface area contributed by atoms with E-state index in [1.165, 1.54) is 11.3 Å². The van der Waals surface area contributed by atoms with E-state index in [1.807, 2.05) is 19.1 Å². The molecule has 0 saturated carbocycles. The van der Waals surface area contributed by atoms with Gasteiger partial charge in [0.1, 0.15) is 6.10 Å². The molecule has 0 aliphatic carbocycles. The summed E-state index contributed by atoms with van der Waals surface area (Å²) in [6.45, 7) is 2.65. The summed E-state index contributed by atoms with van der Waals surface area (Å²) in [7, 11) is 0. The summed E-state index contributed by atoms with van der Waals surface area (Å²) in [5.41, 5.74) is 0. The van der Waals surface area contributed by atoms with Gasteiger partial charge in [0.15, 0.2) is 0 Å². The zero-order chi connectivity index (χ0) is 11.5. The second-order valence-corrected chi connectivity index (χ2v) is 5.62. The molecule has 1 N–H and O–H groups in total. The predicted octanol–water partition coefficient (Wildman–Crippen LogP) is 2.76. The molecular weight excluding hydrogens is 246 g/mol. The second kappa shape index (κ2) is 5.17. The lowest BCUT2D eigenvalue weighted by atomic mass is 10.2. The number of carbonyl (C=O) groups excluding carboxylic acids is 1.